The third-order valence-electron chi connectivity index (χ3n) is 6.47. The Morgan fingerprint density at radius 3 is 1.56 bits per heavy atom. The van der Waals surface area contributed by atoms with Gasteiger partial charge in [-0.15, -0.1) is 0 Å². The van der Waals surface area contributed by atoms with Gasteiger partial charge in [0.1, 0.15) is 12.1 Å². The van der Waals surface area contributed by atoms with E-state index in [0.29, 0.717) is 12.0 Å². The van der Waals surface area contributed by atoms with Gasteiger partial charge in [0, 0.05) is 0 Å². The molecule has 8 N–H and O–H groups in total. The number of primary amides is 2. The molecule has 0 aliphatic rings. The number of aryl methyl sites for hydroxylation is 1. The van der Waals surface area contributed by atoms with Crippen molar-refractivity contribution in [1.82, 2.24) is 0 Å². The third-order valence-corrected chi connectivity index (χ3v) is 6.47. The summed E-state index contributed by atoms with van der Waals surface area (Å²) in [6.45, 7) is 2.24. The molecule has 0 aliphatic carbocycles. The molecule has 1 rings (SSSR count). The Kier molecular flexibility index (Phi) is 17.5. The lowest BCUT2D eigenvalue weighted by Crippen LogP contribution is -2.39. The van der Waals surface area contributed by atoms with E-state index in [1.807, 2.05) is 0 Å². The van der Waals surface area contributed by atoms with Crippen LogP contribution in [0.15, 0.2) is 18.2 Å². The van der Waals surface area contributed by atoms with Crippen LogP contribution in [0.2, 0.25) is 0 Å². The van der Waals surface area contributed by atoms with Crippen LogP contribution in [0.25, 0.3) is 0 Å². The minimum atomic E-state index is -1.27. The zero-order valence-electron chi connectivity index (χ0n) is 23.5. The molecule has 2 atom stereocenters. The zero-order valence-corrected chi connectivity index (χ0v) is 23.5. The van der Waals surface area contributed by atoms with Crippen LogP contribution in [0.1, 0.15) is 109 Å². The van der Waals surface area contributed by atoms with Crippen LogP contribution >= 0.6 is 0 Å². The fourth-order valence-electron chi connectivity index (χ4n) is 4.25. The molecule has 0 saturated heterocycles. The van der Waals surface area contributed by atoms with Crippen molar-refractivity contribution in [2.45, 2.75) is 122 Å². The highest BCUT2D eigenvalue weighted by Crippen LogP contribution is 2.33. The Hall–Kier alpha value is -2.98. The number of ether oxygens (including phenoxy) is 2. The van der Waals surface area contributed by atoms with Crippen molar-refractivity contribution in [3.05, 3.63) is 23.8 Å². The van der Waals surface area contributed by atoms with Gasteiger partial charge >= 0.3 is 11.9 Å². The molecule has 0 fully saturated rings. The number of para-hydroxylation sites is 1. The first-order valence-corrected chi connectivity index (χ1v) is 14.3. The molecule has 10 heteroatoms. The number of hydrogen-bond donors (Lipinski definition) is 4. The van der Waals surface area contributed by atoms with Crippen molar-refractivity contribution in [2.24, 2.45) is 22.9 Å². The first-order valence-electron chi connectivity index (χ1n) is 14.3. The zero-order chi connectivity index (χ0) is 29.0. The maximum atomic E-state index is 12.5. The Labute approximate surface area is 232 Å². The Morgan fingerprint density at radius 1 is 0.667 bits per heavy atom. The van der Waals surface area contributed by atoms with E-state index in [0.717, 1.165) is 19.3 Å². The Morgan fingerprint density at radius 2 is 1.10 bits per heavy atom. The lowest BCUT2D eigenvalue weighted by molar-refractivity contribution is -0.139. The highest BCUT2D eigenvalue weighted by molar-refractivity contribution is 5.87. The molecule has 220 valence electrons. The molecule has 1 aromatic carbocycles. The SMILES string of the molecule is CCCCCCCCCCCCCCCc1cccc(OC(=O)[C@@H](N)CC(N)=O)c1OC(=O)[C@@H](N)CC(N)=O. The fraction of sp³-hybridized carbons (Fsp3) is 0.655. The molecule has 0 bridgehead atoms. The average Bonchev–Trinajstić information content (AvgIpc) is 2.87. The van der Waals surface area contributed by atoms with Crippen LogP contribution in [0.4, 0.5) is 0 Å². The summed E-state index contributed by atoms with van der Waals surface area (Å²) in [5, 5.41) is 0. The molecule has 2 amide bonds. The predicted molar refractivity (Wildman–Crippen MR) is 151 cm³/mol. The number of amides is 2. The third kappa shape index (κ3) is 15.3. The number of hydrogen-bond acceptors (Lipinski definition) is 8. The van der Waals surface area contributed by atoms with Crippen LogP contribution in [0.3, 0.4) is 0 Å². The van der Waals surface area contributed by atoms with Crippen molar-refractivity contribution in [3.63, 3.8) is 0 Å². The maximum Gasteiger partial charge on any atom is 0.328 e. The number of carbonyl (C=O) groups is 4. The Bertz CT molecular complexity index is 908. The van der Waals surface area contributed by atoms with Gasteiger partial charge in [-0.3, -0.25) is 9.59 Å². The summed E-state index contributed by atoms with van der Waals surface area (Å²) < 4.78 is 10.8. The van der Waals surface area contributed by atoms with Crippen molar-refractivity contribution < 1.29 is 28.7 Å². The molecule has 0 aliphatic heterocycles. The average molecular weight is 549 g/mol. The van der Waals surface area contributed by atoms with Gasteiger partial charge in [0.15, 0.2) is 11.5 Å². The Balaban J connectivity index is 2.66. The minimum absolute atomic E-state index is 0.0287. The van der Waals surface area contributed by atoms with E-state index >= 15 is 0 Å². The first kappa shape index (κ1) is 34.0. The van der Waals surface area contributed by atoms with Gasteiger partial charge < -0.3 is 32.4 Å². The van der Waals surface area contributed by atoms with Crippen LogP contribution in [-0.2, 0) is 25.6 Å². The molecule has 0 heterocycles. The van der Waals surface area contributed by atoms with Crippen LogP contribution < -0.4 is 32.4 Å². The molecule has 39 heavy (non-hydrogen) atoms. The summed E-state index contributed by atoms with van der Waals surface area (Å²) >= 11 is 0. The fourth-order valence-corrected chi connectivity index (χ4v) is 4.25. The topological polar surface area (TPSA) is 191 Å². The largest absolute Gasteiger partial charge is 0.421 e. The first-order chi connectivity index (χ1) is 18.6. The van der Waals surface area contributed by atoms with E-state index in [-0.39, 0.29) is 11.5 Å². The number of nitrogens with two attached hydrogens (primary N) is 4. The van der Waals surface area contributed by atoms with Gasteiger partial charge in [-0.2, -0.15) is 0 Å². The van der Waals surface area contributed by atoms with E-state index in [9.17, 15) is 19.2 Å². The van der Waals surface area contributed by atoms with Crippen LogP contribution in [0.5, 0.6) is 11.5 Å². The lowest BCUT2D eigenvalue weighted by atomic mass is 10.0. The maximum absolute atomic E-state index is 12.5. The molecule has 0 unspecified atom stereocenters. The molecular formula is C29H48N4O6. The number of carbonyl (C=O) groups excluding carboxylic acids is 4. The van der Waals surface area contributed by atoms with E-state index < -0.39 is 48.7 Å². The summed E-state index contributed by atoms with van der Waals surface area (Å²) in [6.07, 6.45) is 15.7. The summed E-state index contributed by atoms with van der Waals surface area (Å²) in [5.41, 5.74) is 22.3. The predicted octanol–water partition coefficient (Wildman–Crippen LogP) is 3.54. The van der Waals surface area contributed by atoms with Crippen molar-refractivity contribution in [2.75, 3.05) is 0 Å². The molecule has 0 spiro atoms. The lowest BCUT2D eigenvalue weighted by Gasteiger charge is -2.17. The number of esters is 2. The van der Waals surface area contributed by atoms with Crippen molar-refractivity contribution >= 4 is 23.8 Å². The number of unbranched alkanes of at least 4 members (excludes halogenated alkanes) is 12. The van der Waals surface area contributed by atoms with Crippen LogP contribution in [0, 0.1) is 0 Å². The molecule has 0 radical (unpaired) electrons. The van der Waals surface area contributed by atoms with Gasteiger partial charge in [0.25, 0.3) is 0 Å². The second-order valence-electron chi connectivity index (χ2n) is 10.1. The summed E-state index contributed by atoms with van der Waals surface area (Å²) in [5.74, 6) is -3.29. The highest BCUT2D eigenvalue weighted by Gasteiger charge is 2.25. The molecule has 0 saturated carbocycles. The van der Waals surface area contributed by atoms with Crippen molar-refractivity contribution in [1.29, 1.82) is 0 Å². The van der Waals surface area contributed by atoms with Gasteiger partial charge in [-0.1, -0.05) is 96.1 Å². The monoisotopic (exact) mass is 548 g/mol. The summed E-state index contributed by atoms with van der Waals surface area (Å²) in [6, 6.07) is 2.34. The van der Waals surface area contributed by atoms with Gasteiger partial charge in [0.2, 0.25) is 11.8 Å². The minimum Gasteiger partial charge on any atom is -0.421 e. The van der Waals surface area contributed by atoms with E-state index in [1.54, 1.807) is 12.1 Å². The summed E-state index contributed by atoms with van der Waals surface area (Å²) in [4.78, 5) is 47.2. The van der Waals surface area contributed by atoms with E-state index in [1.165, 1.54) is 70.3 Å². The molecule has 0 aromatic heterocycles. The molecule has 10 nitrogen and oxygen atoms in total. The highest BCUT2D eigenvalue weighted by atomic mass is 16.6. The van der Waals surface area contributed by atoms with Crippen molar-refractivity contribution in [3.8, 4) is 11.5 Å². The molecular weight excluding hydrogens is 500 g/mol. The van der Waals surface area contributed by atoms with E-state index in [4.69, 9.17) is 32.4 Å². The molecule has 1 aromatic rings. The standard InChI is InChI=1S/C29H48N4O6/c1-2-3-4-5-6-7-8-9-10-11-12-13-14-16-21-17-15-18-24(38-28(36)22(30)19-25(32)34)27(21)39-29(37)23(31)20-26(33)35/h15,17-18,22-23H,2-14,16,19-20,30-31H2,1H3,(H2,32,34)(H2,33,35)/t22-,23-/m0/s1. The summed E-state index contributed by atoms with van der Waals surface area (Å²) in [7, 11) is 0. The quantitative estimate of drug-likeness (QED) is 0.0960. The number of rotatable bonds is 22. The van der Waals surface area contributed by atoms with Crippen LogP contribution in [-0.4, -0.2) is 35.8 Å². The number of benzene rings is 1. The van der Waals surface area contributed by atoms with E-state index in [2.05, 4.69) is 6.92 Å². The smallest absolute Gasteiger partial charge is 0.328 e. The normalized spacial score (nSPS) is 12.5. The second-order valence-corrected chi connectivity index (χ2v) is 10.1. The van der Waals surface area contributed by atoms with Gasteiger partial charge in [0.05, 0.1) is 12.8 Å². The van der Waals surface area contributed by atoms with Gasteiger partial charge in [-0.25, -0.2) is 9.59 Å². The van der Waals surface area contributed by atoms with Gasteiger partial charge in [-0.05, 0) is 24.5 Å². The second kappa shape index (κ2) is 20.0.